The maximum Gasteiger partial charge on any atom is 0.194 e. The van der Waals surface area contributed by atoms with Crippen LogP contribution in [0.1, 0.15) is 40.8 Å². The van der Waals surface area contributed by atoms with Gasteiger partial charge < -0.3 is 5.32 Å². The quantitative estimate of drug-likeness (QED) is 0.511. The fraction of sp³-hybridized carbons (Fsp3) is 0.300. The minimum absolute atomic E-state index is 0.284. The number of anilines is 2. The number of nitrogens with zero attached hydrogens (tertiary/aromatic N) is 6. The first-order chi connectivity index (χ1) is 14.2. The molecule has 1 N–H and O–H groups in total. The predicted molar refractivity (Wildman–Crippen MR) is 115 cm³/mol. The first-order valence-corrected chi connectivity index (χ1v) is 11.2. The van der Waals surface area contributed by atoms with E-state index in [0.717, 1.165) is 48.1 Å². The zero-order chi connectivity index (χ0) is 19.8. The summed E-state index contributed by atoms with van der Waals surface area (Å²) in [6.45, 7) is 4.01. The lowest BCUT2D eigenvalue weighted by Gasteiger charge is -2.24. The molecule has 4 aromatic heterocycles. The Morgan fingerprint density at radius 3 is 3.14 bits per heavy atom. The summed E-state index contributed by atoms with van der Waals surface area (Å²) in [5, 5.41) is 15.0. The van der Waals surface area contributed by atoms with Gasteiger partial charge in [0.1, 0.15) is 16.8 Å². The largest absolute Gasteiger partial charge is 0.316 e. The lowest BCUT2D eigenvalue weighted by atomic mass is 10.1. The number of likely N-dealkylation sites (tertiary alicyclic amines) is 1. The Bertz CT molecular complexity index is 1200. The number of nitrogens with one attached hydrogen (secondary N) is 1. The van der Waals surface area contributed by atoms with Crippen molar-refractivity contribution in [2.75, 3.05) is 11.9 Å². The molecule has 5 rings (SSSR count). The molecule has 0 amide bonds. The van der Waals surface area contributed by atoms with Gasteiger partial charge in [0.25, 0.3) is 0 Å². The first-order valence-electron chi connectivity index (χ1n) is 9.46. The van der Waals surface area contributed by atoms with Crippen LogP contribution in [0.15, 0.2) is 36.0 Å². The normalized spacial score (nSPS) is 17.0. The van der Waals surface area contributed by atoms with Gasteiger partial charge in [-0.05, 0) is 38.4 Å². The molecule has 0 unspecified atom stereocenters. The molecule has 1 fully saturated rings. The Labute approximate surface area is 176 Å². The third kappa shape index (κ3) is 3.51. The number of aromatic nitrogens is 4. The number of thiazole rings is 2. The highest BCUT2D eigenvalue weighted by Crippen LogP contribution is 2.34. The van der Waals surface area contributed by atoms with Crippen molar-refractivity contribution in [2.45, 2.75) is 32.4 Å². The third-order valence-corrected chi connectivity index (χ3v) is 6.81. The van der Waals surface area contributed by atoms with Crippen molar-refractivity contribution in [3.8, 4) is 6.07 Å². The molecule has 0 bridgehead atoms. The van der Waals surface area contributed by atoms with E-state index in [9.17, 15) is 0 Å². The molecule has 4 aromatic rings. The van der Waals surface area contributed by atoms with Gasteiger partial charge in [0, 0.05) is 18.1 Å². The van der Waals surface area contributed by atoms with Crippen LogP contribution in [0.5, 0.6) is 0 Å². The summed E-state index contributed by atoms with van der Waals surface area (Å²) in [6.07, 6.45) is 5.94. The Morgan fingerprint density at radius 2 is 2.28 bits per heavy atom. The van der Waals surface area contributed by atoms with Crippen molar-refractivity contribution >= 4 is 38.6 Å². The average Bonchev–Trinajstić information content (AvgIpc) is 3.49. The zero-order valence-corrected chi connectivity index (χ0v) is 17.5. The van der Waals surface area contributed by atoms with Crippen molar-refractivity contribution in [3.63, 3.8) is 0 Å². The first kappa shape index (κ1) is 18.2. The van der Waals surface area contributed by atoms with Crippen molar-refractivity contribution < 1.29 is 0 Å². The van der Waals surface area contributed by atoms with E-state index >= 15 is 0 Å². The lowest BCUT2D eigenvalue weighted by molar-refractivity contribution is 0.240. The van der Waals surface area contributed by atoms with Gasteiger partial charge in [-0.2, -0.15) is 5.26 Å². The third-order valence-electron chi connectivity index (χ3n) is 5.24. The number of rotatable bonds is 5. The van der Waals surface area contributed by atoms with Gasteiger partial charge in [-0.25, -0.2) is 15.0 Å². The molecule has 0 aromatic carbocycles. The molecular formula is C20H19N7S2. The monoisotopic (exact) mass is 421 g/mol. The maximum absolute atomic E-state index is 8.98. The van der Waals surface area contributed by atoms with Crippen LogP contribution in [0.3, 0.4) is 0 Å². The van der Waals surface area contributed by atoms with Gasteiger partial charge in [-0.15, -0.1) is 11.3 Å². The van der Waals surface area contributed by atoms with Crippen LogP contribution in [0.4, 0.5) is 10.9 Å². The highest BCUT2D eigenvalue weighted by Gasteiger charge is 2.28. The van der Waals surface area contributed by atoms with Crippen molar-refractivity contribution in [1.82, 2.24) is 24.3 Å². The molecule has 0 saturated carbocycles. The summed E-state index contributed by atoms with van der Waals surface area (Å²) in [7, 11) is 0. The van der Waals surface area contributed by atoms with Crippen LogP contribution in [-0.4, -0.2) is 30.8 Å². The minimum atomic E-state index is 0.284. The Hall–Kier alpha value is -2.80. The topological polar surface area (TPSA) is 82.1 Å². The summed E-state index contributed by atoms with van der Waals surface area (Å²) in [4.78, 5) is 17.9. The van der Waals surface area contributed by atoms with Gasteiger partial charge in [-0.1, -0.05) is 17.4 Å². The van der Waals surface area contributed by atoms with E-state index < -0.39 is 0 Å². The molecule has 1 saturated heterocycles. The van der Waals surface area contributed by atoms with E-state index in [1.807, 2.05) is 12.1 Å². The summed E-state index contributed by atoms with van der Waals surface area (Å²) in [6, 6.07) is 8.46. The molecule has 1 aliphatic rings. The van der Waals surface area contributed by atoms with Gasteiger partial charge >= 0.3 is 0 Å². The maximum atomic E-state index is 8.98. The summed E-state index contributed by atoms with van der Waals surface area (Å²) in [5.41, 5.74) is 3.42. The minimum Gasteiger partial charge on any atom is -0.316 e. The van der Waals surface area contributed by atoms with Gasteiger partial charge in [-0.3, -0.25) is 9.30 Å². The summed E-state index contributed by atoms with van der Waals surface area (Å²) in [5.74, 6) is 0.758. The van der Waals surface area contributed by atoms with Crippen LogP contribution in [0.2, 0.25) is 0 Å². The van der Waals surface area contributed by atoms with E-state index in [4.69, 9.17) is 10.2 Å². The second-order valence-electron chi connectivity index (χ2n) is 7.04. The number of imidazole rings is 1. The molecule has 0 radical (unpaired) electrons. The van der Waals surface area contributed by atoms with Crippen LogP contribution in [0.25, 0.3) is 4.96 Å². The Balaban J connectivity index is 1.37. The SMILES string of the molecule is Cc1nc2sccn2c1CN1CCC[C@@H]1c1cccc(Nc2ncc(C#N)s2)n1. The standard InChI is InChI=1S/C20H19N7S2/c1-13-17(27-8-9-28-20(27)23-13)12-26-7-3-5-16(26)15-4-2-6-18(24-15)25-19-22-11-14(10-21)29-19/h2,4,6,8-9,11,16H,3,5,7,12H2,1H3,(H,22,24,25)/t16-/m1/s1. The van der Waals surface area contributed by atoms with E-state index in [0.29, 0.717) is 10.0 Å². The number of hydrogen-bond acceptors (Lipinski definition) is 8. The van der Waals surface area contributed by atoms with Crippen LogP contribution >= 0.6 is 22.7 Å². The van der Waals surface area contributed by atoms with Crippen LogP contribution < -0.4 is 5.32 Å². The van der Waals surface area contributed by atoms with E-state index in [1.54, 1.807) is 17.5 Å². The second-order valence-corrected chi connectivity index (χ2v) is 8.95. The molecule has 1 aliphatic heterocycles. The number of fused-ring (bicyclic) bond motifs is 1. The molecule has 7 nitrogen and oxygen atoms in total. The summed E-state index contributed by atoms with van der Waals surface area (Å²) >= 11 is 3.00. The van der Waals surface area contributed by atoms with Crippen molar-refractivity contribution in [3.05, 3.63) is 57.9 Å². The van der Waals surface area contributed by atoms with Crippen molar-refractivity contribution in [1.29, 1.82) is 5.26 Å². The molecule has 0 aliphatic carbocycles. The highest BCUT2D eigenvalue weighted by atomic mass is 32.1. The van der Waals surface area contributed by atoms with E-state index in [1.165, 1.54) is 17.0 Å². The Morgan fingerprint density at radius 1 is 1.34 bits per heavy atom. The van der Waals surface area contributed by atoms with Gasteiger partial charge in [0.05, 0.1) is 29.3 Å². The fourth-order valence-electron chi connectivity index (χ4n) is 3.87. The van der Waals surface area contributed by atoms with E-state index in [2.05, 4.69) is 55.2 Å². The molecule has 5 heterocycles. The zero-order valence-electron chi connectivity index (χ0n) is 15.9. The highest BCUT2D eigenvalue weighted by molar-refractivity contribution is 7.16. The average molecular weight is 422 g/mol. The van der Waals surface area contributed by atoms with Crippen molar-refractivity contribution in [2.24, 2.45) is 0 Å². The second kappa shape index (κ2) is 7.55. The van der Waals surface area contributed by atoms with Gasteiger partial charge in [0.15, 0.2) is 10.1 Å². The molecule has 9 heteroatoms. The van der Waals surface area contributed by atoms with E-state index in [-0.39, 0.29) is 6.04 Å². The van der Waals surface area contributed by atoms with Crippen LogP contribution in [-0.2, 0) is 6.54 Å². The predicted octanol–water partition coefficient (Wildman–Crippen LogP) is 4.51. The lowest BCUT2D eigenvalue weighted by Crippen LogP contribution is -2.24. The fourth-order valence-corrected chi connectivity index (χ4v) is 5.27. The molecule has 0 spiro atoms. The molecule has 1 atom stereocenters. The smallest absolute Gasteiger partial charge is 0.194 e. The summed E-state index contributed by atoms with van der Waals surface area (Å²) < 4.78 is 2.20. The Kier molecular flexibility index (Phi) is 4.75. The molecule has 146 valence electrons. The van der Waals surface area contributed by atoms with Crippen LogP contribution in [0, 0.1) is 18.3 Å². The number of pyridine rings is 1. The van der Waals surface area contributed by atoms with Gasteiger partial charge in [0.2, 0.25) is 0 Å². The molecular weight excluding hydrogens is 402 g/mol. The number of hydrogen-bond donors (Lipinski definition) is 1. The number of nitriles is 1. The number of aryl methyl sites for hydroxylation is 1. The molecule has 29 heavy (non-hydrogen) atoms.